The molecule has 0 amide bonds. The van der Waals surface area contributed by atoms with E-state index in [1.54, 1.807) is 0 Å². The van der Waals surface area contributed by atoms with Crippen molar-refractivity contribution in [2.75, 3.05) is 0 Å². The van der Waals surface area contributed by atoms with Gasteiger partial charge in [0.2, 0.25) is 0 Å². The quantitative estimate of drug-likeness (QED) is 0.211. The van der Waals surface area contributed by atoms with Crippen LogP contribution in [0.15, 0.2) is 77.4 Å². The monoisotopic (exact) mass is 546 g/mol. The first-order valence-corrected chi connectivity index (χ1v) is 13.4. The molecule has 168 valence electrons. The first kappa shape index (κ1) is 34.8. The van der Waals surface area contributed by atoms with E-state index in [-0.39, 0.29) is 39.7 Å². The summed E-state index contributed by atoms with van der Waals surface area (Å²) in [5.74, 6) is 0.560. The minimum atomic E-state index is 0. The number of rotatable bonds is 1. The van der Waals surface area contributed by atoms with E-state index >= 15 is 0 Å². The molecule has 4 heteroatoms. The van der Waals surface area contributed by atoms with Gasteiger partial charge in [-0.15, -0.1) is 77.9 Å². The van der Waals surface area contributed by atoms with Crippen LogP contribution >= 0.6 is 24.8 Å². The molecule has 0 fully saturated rings. The second-order valence-corrected chi connectivity index (χ2v) is 6.95. The molecule has 0 saturated heterocycles. The molecule has 3 aromatic carbocycles. The van der Waals surface area contributed by atoms with Gasteiger partial charge in [0.1, 0.15) is 0 Å². The Morgan fingerprint density at radius 3 is 1.81 bits per heavy atom. The van der Waals surface area contributed by atoms with Gasteiger partial charge in [0, 0.05) is 0 Å². The number of allylic oxidation sites excluding steroid dienone is 4. The van der Waals surface area contributed by atoms with Gasteiger partial charge in [-0.05, 0) is 0 Å². The zero-order valence-corrected chi connectivity index (χ0v) is 24.8. The van der Waals surface area contributed by atoms with Crippen molar-refractivity contribution in [1.82, 2.24) is 0 Å². The summed E-state index contributed by atoms with van der Waals surface area (Å²) in [6.45, 7) is 13.9. The number of hydrogen-bond donors (Lipinski definition) is 0. The predicted molar refractivity (Wildman–Crippen MR) is 143 cm³/mol. The van der Waals surface area contributed by atoms with E-state index < -0.39 is 0 Å². The normalized spacial score (nSPS) is 13.5. The topological polar surface area (TPSA) is 0 Å². The molecule has 1 unspecified atom stereocenters. The van der Waals surface area contributed by atoms with Crippen molar-refractivity contribution in [2.45, 2.75) is 34.6 Å². The molecule has 0 aliphatic heterocycles. The third-order valence-electron chi connectivity index (χ3n) is 5.30. The van der Waals surface area contributed by atoms with Gasteiger partial charge in [0.05, 0.1) is 0 Å². The Morgan fingerprint density at radius 1 is 0.839 bits per heavy atom. The van der Waals surface area contributed by atoms with Crippen molar-refractivity contribution < 1.29 is 23.3 Å². The van der Waals surface area contributed by atoms with Gasteiger partial charge in [-0.3, -0.25) is 6.08 Å². The molecular weight excluding hydrogens is 515 g/mol. The zero-order valence-electron chi connectivity index (χ0n) is 19.7. The molecule has 31 heavy (non-hydrogen) atoms. The summed E-state index contributed by atoms with van der Waals surface area (Å²) in [5.41, 5.74) is 8.28. The summed E-state index contributed by atoms with van der Waals surface area (Å²) >= 11 is 1.36. The molecule has 0 nitrogen and oxygen atoms in total. The van der Waals surface area contributed by atoms with Crippen LogP contribution < -0.4 is 0 Å². The van der Waals surface area contributed by atoms with Crippen molar-refractivity contribution >= 4 is 42.5 Å². The number of halogens is 2. The Hall–Kier alpha value is -0.790. The van der Waals surface area contributed by atoms with E-state index in [9.17, 15) is 0 Å². The number of hydrogen-bond acceptors (Lipinski definition) is 0. The van der Waals surface area contributed by atoms with Gasteiger partial charge < -0.3 is 14.9 Å². The van der Waals surface area contributed by atoms with Crippen molar-refractivity contribution in [3.05, 3.63) is 104 Å². The molecule has 1 aliphatic rings. The molecule has 0 heterocycles. The summed E-state index contributed by atoms with van der Waals surface area (Å²) < 4.78 is 0. The van der Waals surface area contributed by atoms with E-state index in [1.165, 1.54) is 67.5 Å². The Balaban J connectivity index is -0.000000460. The average Bonchev–Trinajstić information content (AvgIpc) is 3.15. The Kier molecular flexibility index (Phi) is 18.9. The van der Waals surface area contributed by atoms with E-state index in [2.05, 4.69) is 108 Å². The molecule has 2 radical (unpaired) electrons. The van der Waals surface area contributed by atoms with Crippen molar-refractivity contribution in [1.29, 1.82) is 0 Å². The van der Waals surface area contributed by atoms with Gasteiger partial charge >= 0.3 is 30.2 Å². The zero-order chi connectivity index (χ0) is 20.0. The third kappa shape index (κ3) is 8.58. The van der Waals surface area contributed by atoms with Gasteiger partial charge in [-0.2, -0.15) is 11.1 Å². The molecule has 0 aromatic heterocycles. The molecule has 1 atom stereocenters. The Labute approximate surface area is 220 Å². The van der Waals surface area contributed by atoms with E-state index in [0.717, 1.165) is 0 Å². The standard InChI is InChI=1S/C16H13.C9H13.2CH3.2ClH.Si.Zr/c1-12-11-14-9-5-6-10-15(14)16(12)13-7-3-2-4-8-13;1-6-5-7(2)9(4)8(6)3;;;;;;/h2-11H,1H3;6H,1-4H3;2*1H3;2*1H;;/q4*-1;;;;. The number of benzene rings is 2. The van der Waals surface area contributed by atoms with Crippen LogP contribution in [-0.4, -0.2) is 6.88 Å². The SMILES string of the molecule is CC1=[C-]C(C)C(C)=C1C.Cc1[cH-]c2ccccc2c1-c1ccccc1.Cl.Cl.[CH3-].[CH3-].[Si]=[Zr]. The van der Waals surface area contributed by atoms with Crippen LogP contribution in [0, 0.1) is 33.8 Å². The molecule has 0 spiro atoms. The molecular formula is C27H34Cl2SiZr-4. The van der Waals surface area contributed by atoms with Crippen LogP contribution in [0.4, 0.5) is 0 Å². The first-order chi connectivity index (χ1) is 13.0. The minimum absolute atomic E-state index is 0. The van der Waals surface area contributed by atoms with Gasteiger partial charge in [0.15, 0.2) is 0 Å². The fraction of sp³-hybridized carbons (Fsp3) is 0.222. The van der Waals surface area contributed by atoms with Crippen LogP contribution in [0.1, 0.15) is 33.3 Å². The molecule has 3 aromatic rings. The summed E-state index contributed by atoms with van der Waals surface area (Å²) in [5, 5.41) is 2.69. The molecule has 4 rings (SSSR count). The van der Waals surface area contributed by atoms with Crippen LogP contribution in [-0.2, 0) is 23.3 Å². The average molecular weight is 549 g/mol. The molecule has 0 N–H and O–H groups in total. The summed E-state index contributed by atoms with van der Waals surface area (Å²) in [7, 11) is 0. The van der Waals surface area contributed by atoms with Gasteiger partial charge in [-0.25, -0.2) is 5.57 Å². The van der Waals surface area contributed by atoms with Gasteiger partial charge in [-0.1, -0.05) is 75.6 Å². The van der Waals surface area contributed by atoms with E-state index in [0.29, 0.717) is 5.92 Å². The van der Waals surface area contributed by atoms with E-state index in [4.69, 9.17) is 0 Å². The molecule has 0 bridgehead atoms. The summed E-state index contributed by atoms with van der Waals surface area (Å²) in [6, 6.07) is 21.4. The van der Waals surface area contributed by atoms with Crippen molar-refractivity contribution in [3.8, 4) is 11.1 Å². The van der Waals surface area contributed by atoms with Crippen LogP contribution in [0.3, 0.4) is 0 Å². The summed E-state index contributed by atoms with van der Waals surface area (Å²) in [6.07, 6.45) is 3.36. The number of fused-ring (bicyclic) bond motifs is 1. The first-order valence-electron chi connectivity index (χ1n) is 9.22. The second-order valence-electron chi connectivity index (χ2n) is 6.95. The predicted octanol–water partition coefficient (Wildman–Crippen LogP) is 8.62. The number of aryl methyl sites for hydroxylation is 1. The maximum atomic E-state index is 3.36. The van der Waals surface area contributed by atoms with Gasteiger partial charge in [0.25, 0.3) is 0 Å². The van der Waals surface area contributed by atoms with Crippen molar-refractivity contribution in [2.24, 2.45) is 5.92 Å². The van der Waals surface area contributed by atoms with Crippen LogP contribution in [0.25, 0.3) is 21.9 Å². The van der Waals surface area contributed by atoms with Crippen molar-refractivity contribution in [3.63, 3.8) is 0 Å². The Morgan fingerprint density at radius 2 is 1.35 bits per heavy atom. The Bertz CT molecular complexity index is 971. The second kappa shape index (κ2) is 16.8. The molecule has 0 saturated carbocycles. The fourth-order valence-electron chi connectivity index (χ4n) is 3.52. The molecule has 1 aliphatic carbocycles. The fourth-order valence-corrected chi connectivity index (χ4v) is 3.52. The maximum absolute atomic E-state index is 3.36. The van der Waals surface area contributed by atoms with E-state index in [1.807, 2.05) is 0 Å². The third-order valence-corrected chi connectivity index (χ3v) is 5.30. The summed E-state index contributed by atoms with van der Waals surface area (Å²) in [4.78, 5) is 0. The van der Waals surface area contributed by atoms with Crippen LogP contribution in [0.5, 0.6) is 0 Å². The van der Waals surface area contributed by atoms with Crippen LogP contribution in [0.2, 0.25) is 0 Å².